The number of primary amides is 1. The van der Waals surface area contributed by atoms with Gasteiger partial charge in [-0.1, -0.05) is 30.9 Å². The minimum atomic E-state index is -2.78. The van der Waals surface area contributed by atoms with E-state index < -0.39 is 70.4 Å². The molecule has 12 nitrogen and oxygen atoms in total. The van der Waals surface area contributed by atoms with E-state index in [0.717, 1.165) is 0 Å². The number of nitrogens with two attached hydrogens (primary N) is 1. The van der Waals surface area contributed by atoms with Crippen molar-refractivity contribution >= 4 is 40.8 Å². The fraction of sp³-hybridized carbons (Fsp3) is 0.355. The van der Waals surface area contributed by atoms with E-state index in [1.54, 1.807) is 30.3 Å². The van der Waals surface area contributed by atoms with Gasteiger partial charge in [0.25, 0.3) is 0 Å². The Morgan fingerprint density at radius 1 is 1.12 bits per heavy atom. The first-order chi connectivity index (χ1) is 20.3. The Hall–Kier alpha value is -4.68. The van der Waals surface area contributed by atoms with E-state index in [9.17, 15) is 39.0 Å². The highest BCUT2D eigenvalue weighted by Crippen LogP contribution is 2.51. The minimum Gasteiger partial charge on any atom is -0.507 e. The van der Waals surface area contributed by atoms with E-state index >= 15 is 0 Å². The number of carbonyl (C=O) groups excluding carboxylic acids is 6. The van der Waals surface area contributed by atoms with Crippen molar-refractivity contribution in [2.45, 2.75) is 24.5 Å². The van der Waals surface area contributed by atoms with Crippen molar-refractivity contribution < 1.29 is 43.7 Å². The van der Waals surface area contributed by atoms with Crippen molar-refractivity contribution in [1.82, 2.24) is 4.90 Å². The van der Waals surface area contributed by atoms with Crippen molar-refractivity contribution in [2.75, 3.05) is 26.0 Å². The zero-order valence-electron chi connectivity index (χ0n) is 23.5. The molecule has 12 heteroatoms. The van der Waals surface area contributed by atoms with Crippen LogP contribution in [0.1, 0.15) is 22.3 Å². The number of nitrogens with one attached hydrogen (secondary N) is 1. The van der Waals surface area contributed by atoms with Crippen LogP contribution in [0.5, 0.6) is 5.75 Å². The number of Topliss-reactive ketones (excluding diaryl/α,β-unsaturated/α-hetero) is 4. The number of phenols is 1. The number of hydrogen-bond donors (Lipinski definition) is 4. The normalized spacial score (nSPS) is 28.0. The summed E-state index contributed by atoms with van der Waals surface area (Å²) in [6.45, 7) is 3.53. The summed E-state index contributed by atoms with van der Waals surface area (Å²) in [4.78, 5) is 79.9. The number of aliphatic hydroxyl groups is 1. The molecule has 5 N–H and O–H groups in total. The number of benzene rings is 2. The summed E-state index contributed by atoms with van der Waals surface area (Å²) in [5, 5.41) is 25.0. The number of nitrogens with zero attached hydrogens (tertiary/aromatic N) is 1. The van der Waals surface area contributed by atoms with Crippen molar-refractivity contribution in [3.63, 3.8) is 0 Å². The van der Waals surface area contributed by atoms with Crippen molar-refractivity contribution in [3.8, 4) is 16.9 Å². The molecule has 0 bridgehead atoms. The van der Waals surface area contributed by atoms with Crippen LogP contribution in [0.4, 0.5) is 10.5 Å². The van der Waals surface area contributed by atoms with Gasteiger partial charge in [0.2, 0.25) is 5.91 Å². The molecule has 0 saturated heterocycles. The number of phenolic OH excluding ortho intramolecular Hbond substituents is 1. The van der Waals surface area contributed by atoms with E-state index in [2.05, 4.69) is 11.9 Å². The molecular formula is C31H31N3O9. The zero-order valence-corrected chi connectivity index (χ0v) is 23.5. The van der Waals surface area contributed by atoms with Gasteiger partial charge in [-0.15, -0.1) is 0 Å². The highest BCUT2D eigenvalue weighted by Gasteiger charge is 2.69. The van der Waals surface area contributed by atoms with E-state index in [-0.39, 0.29) is 30.8 Å². The van der Waals surface area contributed by atoms with Gasteiger partial charge < -0.3 is 20.7 Å². The van der Waals surface area contributed by atoms with Gasteiger partial charge in [0, 0.05) is 11.6 Å². The summed E-state index contributed by atoms with van der Waals surface area (Å²) in [7, 11) is 3.06. The third-order valence-electron chi connectivity index (χ3n) is 8.72. The van der Waals surface area contributed by atoms with Gasteiger partial charge in [-0.05, 0) is 67.7 Å². The molecule has 43 heavy (non-hydrogen) atoms. The number of anilines is 1. The van der Waals surface area contributed by atoms with Crippen LogP contribution in [0, 0.1) is 23.7 Å². The predicted molar refractivity (Wildman–Crippen MR) is 152 cm³/mol. The molecule has 0 aromatic heterocycles. The molecule has 0 aliphatic heterocycles. The summed E-state index contributed by atoms with van der Waals surface area (Å²) < 4.78 is 4.92. The van der Waals surface area contributed by atoms with Crippen LogP contribution in [-0.2, 0) is 30.3 Å². The van der Waals surface area contributed by atoms with Gasteiger partial charge in [-0.3, -0.25) is 34.2 Å². The summed E-state index contributed by atoms with van der Waals surface area (Å²) in [5.74, 6) is -11.0. The zero-order chi connectivity index (χ0) is 31.4. The fourth-order valence-electron chi connectivity index (χ4n) is 6.90. The molecule has 0 heterocycles. The maximum atomic E-state index is 13.9. The lowest BCUT2D eigenvalue weighted by atomic mass is 9.52. The Morgan fingerprint density at radius 2 is 1.79 bits per heavy atom. The fourth-order valence-corrected chi connectivity index (χ4v) is 6.90. The number of rotatable bonds is 6. The van der Waals surface area contributed by atoms with Gasteiger partial charge in [0.15, 0.2) is 34.7 Å². The molecular weight excluding hydrogens is 558 g/mol. The number of fused-ring (bicyclic) bond motifs is 3. The van der Waals surface area contributed by atoms with Gasteiger partial charge >= 0.3 is 6.09 Å². The summed E-state index contributed by atoms with van der Waals surface area (Å²) in [6, 6.07) is 8.48. The van der Waals surface area contributed by atoms with Crippen LogP contribution in [0.15, 0.2) is 49.1 Å². The number of likely N-dealkylation sites (N-methyl/N-ethyl adjacent to an activating group) is 1. The van der Waals surface area contributed by atoms with E-state index in [1.807, 2.05) is 0 Å². The average molecular weight is 590 g/mol. The number of carbonyl (C=O) groups is 6. The van der Waals surface area contributed by atoms with Gasteiger partial charge in [-0.25, -0.2) is 4.79 Å². The second-order valence-corrected chi connectivity index (χ2v) is 11.4. The molecule has 224 valence electrons. The number of aromatic hydroxyl groups is 1. The maximum Gasteiger partial charge on any atom is 0.411 e. The largest absolute Gasteiger partial charge is 0.507 e. The second kappa shape index (κ2) is 10.9. The number of amides is 2. The first kappa shape index (κ1) is 29.8. The van der Waals surface area contributed by atoms with E-state index in [4.69, 9.17) is 10.5 Å². The smallest absolute Gasteiger partial charge is 0.411 e. The van der Waals surface area contributed by atoms with Gasteiger partial charge in [-0.2, -0.15) is 0 Å². The molecule has 3 aliphatic rings. The highest BCUT2D eigenvalue weighted by atomic mass is 16.5. The molecule has 0 spiro atoms. The van der Waals surface area contributed by atoms with Crippen LogP contribution in [-0.4, -0.2) is 82.6 Å². The molecule has 2 aromatic rings. The van der Waals surface area contributed by atoms with Crippen LogP contribution >= 0.6 is 0 Å². The van der Waals surface area contributed by atoms with Crippen LogP contribution < -0.4 is 11.1 Å². The third kappa shape index (κ3) is 4.63. The summed E-state index contributed by atoms with van der Waals surface area (Å²) >= 11 is 0. The molecule has 2 amide bonds. The SMILES string of the molecule is C=CCOC(=O)Nc1ccc(-c2ccc(O)c3c2C[C@H]2C[C@H]4[C@@H](N(C)C)C(=O)C(C(N)=O)C(=O)[C@@]4(O)C(=O)C2C3=O)cc1. The molecule has 6 atom stereocenters. The second-order valence-electron chi connectivity index (χ2n) is 11.4. The predicted octanol–water partition coefficient (Wildman–Crippen LogP) is 1.27. The topological polar surface area (TPSA) is 193 Å². The standard InChI is InChI=1S/C31H31N3O9/c1-4-11-43-30(41)33-16-7-5-14(6-8-16)17-9-10-20(35)22-18(17)12-15-13-19-24(34(2)3)26(37)23(29(32)40)28(39)31(19,42)27(38)21(15)25(22)36/h4-10,15,19,21,23-24,35,42H,1,11-13H2,2-3H3,(H2,32,40)(H,33,41)/t15-,19-,21?,23?,24+,31-/m0/s1. The molecule has 0 radical (unpaired) electrons. The van der Waals surface area contributed by atoms with E-state index in [1.165, 1.54) is 31.1 Å². The minimum absolute atomic E-state index is 0.0455. The Kier molecular flexibility index (Phi) is 7.53. The van der Waals surface area contributed by atoms with Gasteiger partial charge in [0.1, 0.15) is 12.4 Å². The highest BCUT2D eigenvalue weighted by molar-refractivity contribution is 6.32. The lowest BCUT2D eigenvalue weighted by molar-refractivity contribution is -0.181. The van der Waals surface area contributed by atoms with Crippen molar-refractivity contribution in [1.29, 1.82) is 0 Å². The van der Waals surface area contributed by atoms with Crippen molar-refractivity contribution in [3.05, 3.63) is 60.2 Å². The van der Waals surface area contributed by atoms with Crippen LogP contribution in [0.2, 0.25) is 0 Å². The first-order valence-electron chi connectivity index (χ1n) is 13.7. The molecule has 2 fully saturated rings. The molecule has 3 aliphatic carbocycles. The first-order valence-corrected chi connectivity index (χ1v) is 13.7. The Labute approximate surface area is 246 Å². The van der Waals surface area contributed by atoms with E-state index in [0.29, 0.717) is 22.4 Å². The molecule has 2 aromatic carbocycles. The van der Waals surface area contributed by atoms with Crippen molar-refractivity contribution in [2.24, 2.45) is 29.4 Å². The third-order valence-corrected chi connectivity index (χ3v) is 8.72. The lowest BCUT2D eigenvalue weighted by Gasteiger charge is -2.52. The number of ether oxygens (including phenoxy) is 1. The average Bonchev–Trinajstić information content (AvgIpc) is 2.94. The van der Waals surface area contributed by atoms with Crippen LogP contribution in [0.25, 0.3) is 11.1 Å². The maximum absolute atomic E-state index is 13.9. The molecule has 2 saturated carbocycles. The Balaban J connectivity index is 1.54. The number of ketones is 4. The Morgan fingerprint density at radius 3 is 2.40 bits per heavy atom. The summed E-state index contributed by atoms with van der Waals surface area (Å²) in [5.41, 5.74) is 4.66. The van der Waals surface area contributed by atoms with Gasteiger partial charge in [0.05, 0.1) is 17.5 Å². The molecule has 2 unspecified atom stereocenters. The monoisotopic (exact) mass is 589 g/mol. The number of hydrogen-bond acceptors (Lipinski definition) is 10. The van der Waals surface area contributed by atoms with Crippen LogP contribution in [0.3, 0.4) is 0 Å². The Bertz CT molecular complexity index is 1580. The quantitative estimate of drug-likeness (QED) is 0.282. The molecule has 5 rings (SSSR count). The lowest BCUT2D eigenvalue weighted by Crippen LogP contribution is -2.74. The summed E-state index contributed by atoms with van der Waals surface area (Å²) in [6.07, 6.45) is 0.856.